The summed E-state index contributed by atoms with van der Waals surface area (Å²) in [6, 6.07) is 15.2. The average Bonchev–Trinajstić information content (AvgIpc) is 3.04. The standard InChI is InChI=1S/C17H15N3O/c1-12-4-2-3-5-16(12)20-17(21)14-8-6-13(7-9-14)15-10-18-19-11-15/h2-11H,1H3,(H,18,19)(H,20,21). The largest absolute Gasteiger partial charge is 0.322 e. The maximum atomic E-state index is 12.2. The average molecular weight is 277 g/mol. The van der Waals surface area contributed by atoms with Crippen molar-refractivity contribution in [2.45, 2.75) is 6.92 Å². The van der Waals surface area contributed by atoms with Gasteiger partial charge in [-0.2, -0.15) is 5.10 Å². The lowest BCUT2D eigenvalue weighted by atomic mass is 10.1. The summed E-state index contributed by atoms with van der Waals surface area (Å²) in [6.07, 6.45) is 3.57. The molecule has 0 saturated heterocycles. The number of anilines is 1. The van der Waals surface area contributed by atoms with Gasteiger partial charge in [-0.05, 0) is 36.2 Å². The Balaban J connectivity index is 1.78. The number of nitrogens with zero attached hydrogens (tertiary/aromatic N) is 1. The van der Waals surface area contributed by atoms with Gasteiger partial charge in [0.2, 0.25) is 0 Å². The molecule has 0 aliphatic rings. The Hall–Kier alpha value is -2.88. The number of hydrogen-bond donors (Lipinski definition) is 2. The molecule has 2 aromatic carbocycles. The highest BCUT2D eigenvalue weighted by Crippen LogP contribution is 2.19. The molecule has 4 nitrogen and oxygen atoms in total. The first-order valence-corrected chi connectivity index (χ1v) is 6.70. The highest BCUT2D eigenvalue weighted by Gasteiger charge is 2.08. The van der Waals surface area contributed by atoms with E-state index in [-0.39, 0.29) is 5.91 Å². The molecule has 0 aliphatic heterocycles. The number of H-pyrrole nitrogens is 1. The second-order valence-corrected chi connectivity index (χ2v) is 4.83. The third-order valence-electron chi connectivity index (χ3n) is 3.37. The number of aromatic amines is 1. The lowest BCUT2D eigenvalue weighted by Crippen LogP contribution is -2.12. The SMILES string of the molecule is Cc1ccccc1NC(=O)c1ccc(-c2cn[nH]c2)cc1. The van der Waals surface area contributed by atoms with Crippen LogP contribution in [0.15, 0.2) is 60.9 Å². The van der Waals surface area contributed by atoms with E-state index >= 15 is 0 Å². The molecule has 21 heavy (non-hydrogen) atoms. The fraction of sp³-hybridized carbons (Fsp3) is 0.0588. The third-order valence-corrected chi connectivity index (χ3v) is 3.37. The molecule has 1 heterocycles. The minimum Gasteiger partial charge on any atom is -0.322 e. The van der Waals surface area contributed by atoms with Gasteiger partial charge in [0.05, 0.1) is 6.20 Å². The molecular formula is C17H15N3O. The smallest absolute Gasteiger partial charge is 0.255 e. The van der Waals surface area contributed by atoms with Gasteiger partial charge >= 0.3 is 0 Å². The van der Waals surface area contributed by atoms with Crippen molar-refractivity contribution in [3.63, 3.8) is 0 Å². The first kappa shape index (κ1) is 13.1. The van der Waals surface area contributed by atoms with E-state index in [1.807, 2.05) is 61.7 Å². The van der Waals surface area contributed by atoms with Crippen LogP contribution in [-0.4, -0.2) is 16.1 Å². The van der Waals surface area contributed by atoms with Gasteiger partial charge in [0.15, 0.2) is 0 Å². The lowest BCUT2D eigenvalue weighted by molar-refractivity contribution is 0.102. The minimum atomic E-state index is -0.108. The molecule has 4 heteroatoms. The van der Waals surface area contributed by atoms with E-state index in [0.717, 1.165) is 22.4 Å². The molecule has 0 aliphatic carbocycles. The summed E-state index contributed by atoms with van der Waals surface area (Å²) in [4.78, 5) is 12.2. The van der Waals surface area contributed by atoms with Crippen molar-refractivity contribution in [2.75, 3.05) is 5.32 Å². The Morgan fingerprint density at radius 3 is 2.48 bits per heavy atom. The van der Waals surface area contributed by atoms with Crippen molar-refractivity contribution in [1.82, 2.24) is 10.2 Å². The van der Waals surface area contributed by atoms with Gasteiger partial charge < -0.3 is 5.32 Å². The molecule has 3 rings (SSSR count). The highest BCUT2D eigenvalue weighted by molar-refractivity contribution is 6.04. The molecule has 0 radical (unpaired) electrons. The first-order chi connectivity index (χ1) is 10.2. The number of para-hydroxylation sites is 1. The van der Waals surface area contributed by atoms with Crippen molar-refractivity contribution in [3.05, 3.63) is 72.1 Å². The van der Waals surface area contributed by atoms with Gasteiger partial charge in [0.1, 0.15) is 0 Å². The molecule has 0 spiro atoms. The van der Waals surface area contributed by atoms with Crippen molar-refractivity contribution in [1.29, 1.82) is 0 Å². The summed E-state index contributed by atoms with van der Waals surface area (Å²) >= 11 is 0. The Bertz CT molecular complexity index is 746. The van der Waals surface area contributed by atoms with Gasteiger partial charge in [-0.3, -0.25) is 9.89 Å². The summed E-state index contributed by atoms with van der Waals surface area (Å²) in [5.74, 6) is -0.108. The maximum absolute atomic E-state index is 12.2. The molecule has 3 aromatic rings. The molecule has 104 valence electrons. The van der Waals surface area contributed by atoms with Gasteiger partial charge in [0, 0.05) is 23.0 Å². The van der Waals surface area contributed by atoms with Crippen LogP contribution < -0.4 is 5.32 Å². The molecule has 1 amide bonds. The molecule has 2 N–H and O–H groups in total. The molecule has 0 atom stereocenters. The van der Waals surface area contributed by atoms with E-state index in [2.05, 4.69) is 15.5 Å². The molecule has 0 fully saturated rings. The van der Waals surface area contributed by atoms with Crippen molar-refractivity contribution >= 4 is 11.6 Å². The number of amides is 1. The van der Waals surface area contributed by atoms with Crippen LogP contribution in [0.1, 0.15) is 15.9 Å². The number of nitrogens with one attached hydrogen (secondary N) is 2. The van der Waals surface area contributed by atoms with Gasteiger partial charge in [-0.25, -0.2) is 0 Å². The zero-order valence-electron chi connectivity index (χ0n) is 11.6. The topological polar surface area (TPSA) is 57.8 Å². The number of aryl methyl sites for hydroxylation is 1. The van der Waals surface area contributed by atoms with Crippen molar-refractivity contribution < 1.29 is 4.79 Å². The van der Waals surface area contributed by atoms with Crippen LogP contribution in [0.4, 0.5) is 5.69 Å². The molecule has 0 unspecified atom stereocenters. The van der Waals surface area contributed by atoms with Crippen LogP contribution >= 0.6 is 0 Å². The van der Waals surface area contributed by atoms with Crippen LogP contribution in [0.2, 0.25) is 0 Å². The van der Waals surface area contributed by atoms with E-state index < -0.39 is 0 Å². The molecule has 0 bridgehead atoms. The minimum absolute atomic E-state index is 0.108. The van der Waals surface area contributed by atoms with Gasteiger partial charge in [-0.15, -0.1) is 0 Å². The number of aromatic nitrogens is 2. The molecule has 1 aromatic heterocycles. The van der Waals surface area contributed by atoms with Gasteiger partial charge in [-0.1, -0.05) is 30.3 Å². The highest BCUT2D eigenvalue weighted by atomic mass is 16.1. The summed E-state index contributed by atoms with van der Waals surface area (Å²) in [7, 11) is 0. The summed E-state index contributed by atoms with van der Waals surface area (Å²) in [6.45, 7) is 1.97. The predicted octanol–water partition coefficient (Wildman–Crippen LogP) is 3.64. The van der Waals surface area contributed by atoms with E-state index in [9.17, 15) is 4.79 Å². The number of hydrogen-bond acceptors (Lipinski definition) is 2. The summed E-state index contributed by atoms with van der Waals surface area (Å²) < 4.78 is 0. The monoisotopic (exact) mass is 277 g/mol. The Kier molecular flexibility index (Phi) is 3.51. The normalized spacial score (nSPS) is 10.3. The Morgan fingerprint density at radius 1 is 1.05 bits per heavy atom. The van der Waals surface area contributed by atoms with Crippen LogP contribution in [0.3, 0.4) is 0 Å². The van der Waals surface area contributed by atoms with E-state index in [0.29, 0.717) is 5.56 Å². The number of rotatable bonds is 3. The summed E-state index contributed by atoms with van der Waals surface area (Å²) in [5, 5.41) is 9.62. The quantitative estimate of drug-likeness (QED) is 0.768. The lowest BCUT2D eigenvalue weighted by Gasteiger charge is -2.08. The fourth-order valence-corrected chi connectivity index (χ4v) is 2.13. The molecular weight excluding hydrogens is 262 g/mol. The second kappa shape index (κ2) is 5.63. The zero-order valence-corrected chi connectivity index (χ0v) is 11.6. The maximum Gasteiger partial charge on any atom is 0.255 e. The number of carbonyl (C=O) groups is 1. The Labute approximate surface area is 122 Å². The molecule has 0 saturated carbocycles. The van der Waals surface area contributed by atoms with E-state index in [4.69, 9.17) is 0 Å². The number of carbonyl (C=O) groups excluding carboxylic acids is 1. The van der Waals surface area contributed by atoms with Gasteiger partial charge in [0.25, 0.3) is 5.91 Å². The zero-order chi connectivity index (χ0) is 14.7. The van der Waals surface area contributed by atoms with Crippen LogP contribution in [-0.2, 0) is 0 Å². The van der Waals surface area contributed by atoms with E-state index in [1.54, 1.807) is 6.20 Å². The fourth-order valence-electron chi connectivity index (χ4n) is 2.13. The third kappa shape index (κ3) is 2.84. The Morgan fingerprint density at radius 2 is 1.81 bits per heavy atom. The summed E-state index contributed by atoms with van der Waals surface area (Å²) in [5.41, 5.74) is 4.53. The van der Waals surface area contributed by atoms with Crippen molar-refractivity contribution in [3.8, 4) is 11.1 Å². The van der Waals surface area contributed by atoms with Crippen molar-refractivity contribution in [2.24, 2.45) is 0 Å². The second-order valence-electron chi connectivity index (χ2n) is 4.83. The first-order valence-electron chi connectivity index (χ1n) is 6.70. The number of benzene rings is 2. The van der Waals surface area contributed by atoms with Crippen LogP contribution in [0.5, 0.6) is 0 Å². The van der Waals surface area contributed by atoms with E-state index in [1.165, 1.54) is 0 Å². The van der Waals surface area contributed by atoms with Crippen LogP contribution in [0, 0.1) is 6.92 Å². The predicted molar refractivity (Wildman–Crippen MR) is 83.2 cm³/mol. The van der Waals surface area contributed by atoms with Crippen LogP contribution in [0.25, 0.3) is 11.1 Å².